The van der Waals surface area contributed by atoms with Gasteiger partial charge in [0.1, 0.15) is 23.4 Å². The monoisotopic (exact) mass is 626 g/mol. The fourth-order valence-corrected chi connectivity index (χ4v) is 8.63. The summed E-state index contributed by atoms with van der Waals surface area (Å²) < 4.78 is 52.1. The summed E-state index contributed by atoms with van der Waals surface area (Å²) in [7, 11) is 1.10. The van der Waals surface area contributed by atoms with Gasteiger partial charge >= 0.3 is 0 Å². The molecule has 0 spiro atoms. The van der Waals surface area contributed by atoms with E-state index < -0.39 is 10.0 Å². The number of aliphatic imine (C=N–C) groups is 1. The lowest BCUT2D eigenvalue weighted by molar-refractivity contribution is 0.0629. The molecular weight excluding hydrogens is 589 g/mol. The highest BCUT2D eigenvalue weighted by atomic mass is 32.2. The summed E-state index contributed by atoms with van der Waals surface area (Å²) in [5, 5.41) is 4.79. The number of methoxy groups -OCH3 is 2. The first-order valence-electron chi connectivity index (χ1n) is 14.5. The largest absolute Gasteiger partial charge is 0.497 e. The van der Waals surface area contributed by atoms with Crippen LogP contribution in [-0.2, 0) is 23.6 Å². The van der Waals surface area contributed by atoms with Crippen molar-refractivity contribution >= 4 is 27.1 Å². The molecule has 0 saturated carbocycles. The third kappa shape index (κ3) is 5.83. The Morgan fingerprint density at radius 3 is 2.67 bits per heavy atom. The number of benzene rings is 2. The molecule has 1 fully saturated rings. The highest BCUT2D eigenvalue weighted by Crippen LogP contribution is 2.44. The molecule has 6 rings (SSSR count). The molecule has 3 aromatic rings. The first kappa shape index (κ1) is 29.8. The standard InChI is InChI=1S/C30H38N6O5S2/c1-20-32-30(42-33-20)36(19-21-8-9-22(39-3)17-28(21)40-4)43(37,38)23-10-11-24-25(13-16-41-29(24)18-23)35-15-6-5-7-27(35)26-12-14-31-34(26)2/h8-12,14,17-18,20,25,27,33H,5-7,13,15-16,19H2,1-4H3. The zero-order valence-corrected chi connectivity index (χ0v) is 26.5. The van der Waals surface area contributed by atoms with Crippen molar-refractivity contribution in [3.05, 3.63) is 65.5 Å². The average Bonchev–Trinajstić information content (AvgIpc) is 3.66. The van der Waals surface area contributed by atoms with Crippen molar-refractivity contribution in [3.8, 4) is 17.2 Å². The number of hydrogen-bond donors (Lipinski definition) is 1. The summed E-state index contributed by atoms with van der Waals surface area (Å²) in [4.78, 5) is 7.28. The molecule has 230 valence electrons. The maximum absolute atomic E-state index is 14.3. The molecule has 0 bridgehead atoms. The van der Waals surface area contributed by atoms with E-state index in [2.05, 4.69) is 25.8 Å². The van der Waals surface area contributed by atoms with Crippen LogP contribution in [0, 0.1) is 0 Å². The van der Waals surface area contributed by atoms with Gasteiger partial charge in [0, 0.05) is 49.0 Å². The molecule has 3 aliphatic rings. The Hall–Kier alpha value is -3.26. The van der Waals surface area contributed by atoms with Crippen LogP contribution in [0.2, 0.25) is 0 Å². The van der Waals surface area contributed by atoms with Crippen LogP contribution in [0.1, 0.15) is 61.5 Å². The van der Waals surface area contributed by atoms with E-state index in [1.54, 1.807) is 38.5 Å². The van der Waals surface area contributed by atoms with E-state index in [1.807, 2.05) is 37.0 Å². The SMILES string of the molecule is COc1ccc(CN(C2=NC(C)NS2)S(=O)(=O)c2ccc3c(c2)OCCC3N2CCCCC2c2ccnn2C)c(OC)c1. The van der Waals surface area contributed by atoms with Gasteiger partial charge in [-0.1, -0.05) is 12.5 Å². The van der Waals surface area contributed by atoms with Crippen molar-refractivity contribution in [2.45, 2.75) is 62.3 Å². The average molecular weight is 627 g/mol. The zero-order chi connectivity index (χ0) is 30.1. The number of nitrogens with zero attached hydrogens (tertiary/aromatic N) is 5. The molecule has 1 aromatic heterocycles. The van der Waals surface area contributed by atoms with Gasteiger partial charge in [-0.3, -0.25) is 9.58 Å². The minimum absolute atomic E-state index is 0.0382. The fraction of sp³-hybridized carbons (Fsp3) is 0.467. The van der Waals surface area contributed by atoms with Crippen molar-refractivity contribution in [1.29, 1.82) is 0 Å². The summed E-state index contributed by atoms with van der Waals surface area (Å²) in [6.45, 7) is 3.41. The van der Waals surface area contributed by atoms with Crippen LogP contribution >= 0.6 is 11.9 Å². The minimum Gasteiger partial charge on any atom is -0.497 e. The second-order valence-corrected chi connectivity index (χ2v) is 13.6. The van der Waals surface area contributed by atoms with E-state index in [0.717, 1.165) is 31.4 Å². The third-order valence-electron chi connectivity index (χ3n) is 8.37. The van der Waals surface area contributed by atoms with Gasteiger partial charge in [-0.15, -0.1) is 0 Å². The predicted octanol–water partition coefficient (Wildman–Crippen LogP) is 4.63. The van der Waals surface area contributed by atoms with Crippen molar-refractivity contribution < 1.29 is 22.6 Å². The van der Waals surface area contributed by atoms with Gasteiger partial charge in [-0.05, 0) is 62.5 Å². The van der Waals surface area contributed by atoms with Gasteiger partial charge in [-0.2, -0.15) is 5.10 Å². The molecule has 3 aliphatic heterocycles. The lowest BCUT2D eigenvalue weighted by Crippen LogP contribution is -2.39. The fourth-order valence-electron chi connectivity index (χ4n) is 6.20. The Bertz CT molecular complexity index is 1610. The van der Waals surface area contributed by atoms with Gasteiger partial charge < -0.3 is 14.2 Å². The quantitative estimate of drug-likeness (QED) is 0.358. The second kappa shape index (κ2) is 12.4. The topological polar surface area (TPSA) is 111 Å². The molecule has 11 nitrogen and oxygen atoms in total. The van der Waals surface area contributed by atoms with Gasteiger partial charge in [0.15, 0.2) is 5.17 Å². The van der Waals surface area contributed by atoms with Gasteiger partial charge in [0.05, 0.1) is 44.0 Å². The van der Waals surface area contributed by atoms with Crippen LogP contribution < -0.4 is 18.9 Å². The van der Waals surface area contributed by atoms with Crippen LogP contribution in [0.4, 0.5) is 0 Å². The van der Waals surface area contributed by atoms with E-state index >= 15 is 0 Å². The van der Waals surface area contributed by atoms with Crippen LogP contribution in [0.25, 0.3) is 0 Å². The number of piperidine rings is 1. The number of hydrogen-bond acceptors (Lipinski definition) is 10. The van der Waals surface area contributed by atoms with E-state index in [9.17, 15) is 8.42 Å². The van der Waals surface area contributed by atoms with Gasteiger partial charge in [-0.25, -0.2) is 22.4 Å². The Morgan fingerprint density at radius 1 is 1.09 bits per heavy atom. The molecule has 3 atom stereocenters. The minimum atomic E-state index is -4.02. The lowest BCUT2D eigenvalue weighted by Gasteiger charge is -2.43. The molecule has 0 amide bonds. The normalized spacial score (nSPS) is 22.4. The summed E-state index contributed by atoms with van der Waals surface area (Å²) in [5.74, 6) is 1.77. The molecule has 4 heterocycles. The highest BCUT2D eigenvalue weighted by Gasteiger charge is 2.37. The van der Waals surface area contributed by atoms with Crippen molar-refractivity contribution in [3.63, 3.8) is 0 Å². The molecule has 1 saturated heterocycles. The smallest absolute Gasteiger partial charge is 0.266 e. The number of ether oxygens (including phenoxy) is 3. The Labute approximate surface area is 257 Å². The van der Waals surface area contributed by atoms with Gasteiger partial charge in [0.2, 0.25) is 0 Å². The number of aryl methyl sites for hydroxylation is 1. The number of amidine groups is 1. The van der Waals surface area contributed by atoms with Crippen LogP contribution in [-0.4, -0.2) is 66.1 Å². The highest BCUT2D eigenvalue weighted by molar-refractivity contribution is 8.13. The van der Waals surface area contributed by atoms with Crippen molar-refractivity contribution in [1.82, 2.24) is 23.7 Å². The second-order valence-electron chi connectivity index (χ2n) is 11.0. The van der Waals surface area contributed by atoms with Crippen molar-refractivity contribution in [2.75, 3.05) is 27.4 Å². The Morgan fingerprint density at radius 2 is 1.95 bits per heavy atom. The third-order valence-corrected chi connectivity index (χ3v) is 11.2. The molecule has 1 N–H and O–H groups in total. The number of nitrogens with one attached hydrogen (secondary N) is 1. The van der Waals surface area contributed by atoms with Gasteiger partial charge in [0.25, 0.3) is 10.0 Å². The molecule has 0 radical (unpaired) electrons. The summed E-state index contributed by atoms with van der Waals surface area (Å²) >= 11 is 1.20. The number of sulfonamides is 1. The number of rotatable bonds is 8. The van der Waals surface area contributed by atoms with Crippen LogP contribution in [0.15, 0.2) is 58.5 Å². The van der Waals surface area contributed by atoms with Crippen LogP contribution in [0.5, 0.6) is 17.2 Å². The molecule has 13 heteroatoms. The summed E-state index contributed by atoms with van der Waals surface area (Å²) in [6.07, 6.45) is 5.84. The van der Waals surface area contributed by atoms with E-state index in [0.29, 0.717) is 34.6 Å². The Balaban J connectivity index is 1.34. The predicted molar refractivity (Wildman–Crippen MR) is 166 cm³/mol. The summed E-state index contributed by atoms with van der Waals surface area (Å²) in [5.41, 5.74) is 2.91. The Kier molecular flexibility index (Phi) is 8.58. The van der Waals surface area contributed by atoms with E-state index in [1.165, 1.54) is 28.4 Å². The number of fused-ring (bicyclic) bond motifs is 1. The van der Waals surface area contributed by atoms with Crippen molar-refractivity contribution in [2.24, 2.45) is 12.0 Å². The number of likely N-dealkylation sites (tertiary alicyclic amines) is 1. The summed E-state index contributed by atoms with van der Waals surface area (Å²) in [6, 6.07) is 13.1. The number of aromatic nitrogens is 2. The lowest BCUT2D eigenvalue weighted by atomic mass is 9.91. The van der Waals surface area contributed by atoms with E-state index in [-0.39, 0.29) is 29.7 Å². The first-order valence-corrected chi connectivity index (χ1v) is 16.8. The molecular formula is C30H38N6O5S2. The zero-order valence-electron chi connectivity index (χ0n) is 24.9. The maximum Gasteiger partial charge on any atom is 0.266 e. The molecule has 43 heavy (non-hydrogen) atoms. The van der Waals surface area contributed by atoms with E-state index in [4.69, 9.17) is 14.2 Å². The first-order chi connectivity index (χ1) is 20.8. The molecule has 0 aliphatic carbocycles. The molecule has 2 aromatic carbocycles. The maximum atomic E-state index is 14.3. The molecule has 3 unspecified atom stereocenters. The van der Waals surface area contributed by atoms with Crippen LogP contribution in [0.3, 0.4) is 0 Å².